The van der Waals surface area contributed by atoms with E-state index in [0.29, 0.717) is 31.2 Å². The molecular weight excluding hydrogens is 244 g/mol. The molecule has 1 fully saturated rings. The van der Waals surface area contributed by atoms with Crippen molar-refractivity contribution in [3.8, 4) is 5.75 Å². The second-order valence-corrected chi connectivity index (χ2v) is 4.71. The van der Waals surface area contributed by atoms with Crippen molar-refractivity contribution < 1.29 is 14.3 Å². The first kappa shape index (κ1) is 13.8. The molecule has 1 aliphatic rings. The first-order chi connectivity index (χ1) is 9.20. The van der Waals surface area contributed by atoms with E-state index >= 15 is 0 Å². The number of benzene rings is 1. The Labute approximate surface area is 113 Å². The molecule has 2 unspecified atom stereocenters. The lowest BCUT2D eigenvalue weighted by Gasteiger charge is -2.15. The number of carbonyl (C=O) groups excluding carboxylic acids is 1. The van der Waals surface area contributed by atoms with Crippen LogP contribution in [0.1, 0.15) is 13.3 Å². The Kier molecular flexibility index (Phi) is 4.76. The Morgan fingerprint density at radius 3 is 3.11 bits per heavy atom. The SMILES string of the molecule is CC1CCOC1C(=O)Nc1cccc(OCCN)c1. The topological polar surface area (TPSA) is 73.6 Å². The molecule has 2 atom stereocenters. The molecule has 3 N–H and O–H groups in total. The number of amides is 1. The monoisotopic (exact) mass is 264 g/mol. The van der Waals surface area contributed by atoms with E-state index in [1.807, 2.05) is 25.1 Å². The Morgan fingerprint density at radius 2 is 2.42 bits per heavy atom. The fourth-order valence-corrected chi connectivity index (χ4v) is 2.08. The van der Waals surface area contributed by atoms with Gasteiger partial charge in [-0.2, -0.15) is 0 Å². The molecule has 1 aromatic carbocycles. The maximum absolute atomic E-state index is 12.1. The van der Waals surface area contributed by atoms with Crippen LogP contribution >= 0.6 is 0 Å². The lowest BCUT2D eigenvalue weighted by molar-refractivity contribution is -0.126. The number of nitrogens with two attached hydrogens (primary N) is 1. The van der Waals surface area contributed by atoms with E-state index in [1.54, 1.807) is 6.07 Å². The number of anilines is 1. The lowest BCUT2D eigenvalue weighted by Crippen LogP contribution is -2.31. The van der Waals surface area contributed by atoms with Gasteiger partial charge in [0.2, 0.25) is 0 Å². The third-order valence-corrected chi connectivity index (χ3v) is 3.13. The highest BCUT2D eigenvalue weighted by atomic mass is 16.5. The maximum Gasteiger partial charge on any atom is 0.253 e. The zero-order valence-corrected chi connectivity index (χ0v) is 11.1. The molecular formula is C14H20N2O3. The van der Waals surface area contributed by atoms with Crippen LogP contribution in [0.4, 0.5) is 5.69 Å². The maximum atomic E-state index is 12.1. The van der Waals surface area contributed by atoms with Crippen LogP contribution in [-0.4, -0.2) is 31.8 Å². The van der Waals surface area contributed by atoms with Crippen molar-refractivity contribution in [1.82, 2.24) is 0 Å². The van der Waals surface area contributed by atoms with Gasteiger partial charge in [0.15, 0.2) is 0 Å². The molecule has 1 amide bonds. The van der Waals surface area contributed by atoms with Gasteiger partial charge in [0.05, 0.1) is 0 Å². The van der Waals surface area contributed by atoms with Crippen LogP contribution in [0, 0.1) is 5.92 Å². The summed E-state index contributed by atoms with van der Waals surface area (Å²) in [5.41, 5.74) is 6.09. The summed E-state index contributed by atoms with van der Waals surface area (Å²) in [7, 11) is 0. The van der Waals surface area contributed by atoms with Gasteiger partial charge in [-0.15, -0.1) is 0 Å². The predicted octanol–water partition coefficient (Wildman–Crippen LogP) is 1.39. The normalized spacial score (nSPS) is 22.2. The Morgan fingerprint density at radius 1 is 1.58 bits per heavy atom. The highest BCUT2D eigenvalue weighted by molar-refractivity contribution is 5.94. The van der Waals surface area contributed by atoms with Crippen LogP contribution in [0.25, 0.3) is 0 Å². The molecule has 1 aromatic rings. The van der Waals surface area contributed by atoms with Crippen LogP contribution < -0.4 is 15.8 Å². The number of hydrogen-bond acceptors (Lipinski definition) is 4. The van der Waals surface area contributed by atoms with E-state index in [-0.39, 0.29) is 17.9 Å². The van der Waals surface area contributed by atoms with E-state index < -0.39 is 0 Å². The molecule has 0 radical (unpaired) electrons. The van der Waals surface area contributed by atoms with Gasteiger partial charge in [0.25, 0.3) is 5.91 Å². The van der Waals surface area contributed by atoms with Crippen LogP contribution in [0.5, 0.6) is 5.75 Å². The van der Waals surface area contributed by atoms with Gasteiger partial charge in [-0.25, -0.2) is 0 Å². The van der Waals surface area contributed by atoms with E-state index in [9.17, 15) is 4.79 Å². The minimum atomic E-state index is -0.353. The highest BCUT2D eigenvalue weighted by Crippen LogP contribution is 2.23. The number of ether oxygens (including phenoxy) is 2. The summed E-state index contributed by atoms with van der Waals surface area (Å²) in [6, 6.07) is 7.28. The largest absolute Gasteiger partial charge is 0.492 e. The van der Waals surface area contributed by atoms with Crippen LogP contribution in [-0.2, 0) is 9.53 Å². The molecule has 0 bridgehead atoms. The minimum Gasteiger partial charge on any atom is -0.492 e. The van der Waals surface area contributed by atoms with Gasteiger partial charge in [0.1, 0.15) is 18.5 Å². The van der Waals surface area contributed by atoms with Crippen molar-refractivity contribution in [3.05, 3.63) is 24.3 Å². The second kappa shape index (κ2) is 6.54. The van der Waals surface area contributed by atoms with E-state index in [1.165, 1.54) is 0 Å². The summed E-state index contributed by atoms with van der Waals surface area (Å²) in [5, 5.41) is 2.86. The van der Waals surface area contributed by atoms with Gasteiger partial charge in [-0.05, 0) is 24.5 Å². The molecule has 0 aliphatic carbocycles. The third-order valence-electron chi connectivity index (χ3n) is 3.13. The average molecular weight is 264 g/mol. The molecule has 1 heterocycles. The molecule has 0 aromatic heterocycles. The van der Waals surface area contributed by atoms with Crippen molar-refractivity contribution in [3.63, 3.8) is 0 Å². The molecule has 2 rings (SSSR count). The van der Waals surface area contributed by atoms with Crippen LogP contribution in [0.2, 0.25) is 0 Å². The van der Waals surface area contributed by atoms with Gasteiger partial charge in [-0.3, -0.25) is 4.79 Å². The first-order valence-electron chi connectivity index (χ1n) is 6.56. The van der Waals surface area contributed by atoms with E-state index in [4.69, 9.17) is 15.2 Å². The van der Waals surface area contributed by atoms with Crippen molar-refractivity contribution >= 4 is 11.6 Å². The van der Waals surface area contributed by atoms with Crippen molar-refractivity contribution in [2.24, 2.45) is 11.7 Å². The first-order valence-corrected chi connectivity index (χ1v) is 6.56. The molecule has 19 heavy (non-hydrogen) atoms. The van der Waals surface area contributed by atoms with Gasteiger partial charge in [0, 0.05) is 24.9 Å². The Balaban J connectivity index is 1.96. The molecule has 5 heteroatoms. The van der Waals surface area contributed by atoms with Crippen molar-refractivity contribution in [1.29, 1.82) is 0 Å². The molecule has 5 nitrogen and oxygen atoms in total. The molecule has 104 valence electrons. The summed E-state index contributed by atoms with van der Waals surface area (Å²) >= 11 is 0. The summed E-state index contributed by atoms with van der Waals surface area (Å²) in [6.45, 7) is 3.60. The van der Waals surface area contributed by atoms with Crippen LogP contribution in [0.3, 0.4) is 0 Å². The molecule has 1 aliphatic heterocycles. The fourth-order valence-electron chi connectivity index (χ4n) is 2.08. The number of hydrogen-bond donors (Lipinski definition) is 2. The summed E-state index contributed by atoms with van der Waals surface area (Å²) < 4.78 is 10.9. The number of carbonyl (C=O) groups is 1. The van der Waals surface area contributed by atoms with E-state index in [2.05, 4.69) is 5.32 Å². The second-order valence-electron chi connectivity index (χ2n) is 4.71. The van der Waals surface area contributed by atoms with Gasteiger partial charge < -0.3 is 20.5 Å². The van der Waals surface area contributed by atoms with Gasteiger partial charge in [-0.1, -0.05) is 13.0 Å². The summed E-state index contributed by atoms with van der Waals surface area (Å²) in [5.74, 6) is 0.862. The zero-order valence-electron chi connectivity index (χ0n) is 11.1. The Bertz CT molecular complexity index is 436. The lowest BCUT2D eigenvalue weighted by atomic mass is 10.0. The standard InChI is InChI=1S/C14H20N2O3/c1-10-5-7-19-13(10)14(17)16-11-3-2-4-12(9-11)18-8-6-15/h2-4,9-10,13H,5-8,15H2,1H3,(H,16,17). The predicted molar refractivity (Wildman–Crippen MR) is 73.1 cm³/mol. The molecule has 1 saturated heterocycles. The van der Waals surface area contributed by atoms with Crippen LogP contribution in [0.15, 0.2) is 24.3 Å². The Hall–Kier alpha value is -1.59. The zero-order chi connectivity index (χ0) is 13.7. The molecule has 0 spiro atoms. The number of nitrogens with one attached hydrogen (secondary N) is 1. The summed E-state index contributed by atoms with van der Waals surface area (Å²) in [4.78, 5) is 12.1. The van der Waals surface area contributed by atoms with Gasteiger partial charge >= 0.3 is 0 Å². The average Bonchev–Trinajstić information content (AvgIpc) is 2.83. The fraction of sp³-hybridized carbons (Fsp3) is 0.500. The van der Waals surface area contributed by atoms with Crippen molar-refractivity contribution in [2.75, 3.05) is 25.1 Å². The molecule has 0 saturated carbocycles. The highest BCUT2D eigenvalue weighted by Gasteiger charge is 2.30. The number of rotatable bonds is 5. The van der Waals surface area contributed by atoms with E-state index in [0.717, 1.165) is 6.42 Å². The smallest absolute Gasteiger partial charge is 0.253 e. The quantitative estimate of drug-likeness (QED) is 0.842. The minimum absolute atomic E-state index is 0.0963. The van der Waals surface area contributed by atoms with Crippen molar-refractivity contribution in [2.45, 2.75) is 19.4 Å². The summed E-state index contributed by atoms with van der Waals surface area (Å²) in [6.07, 6.45) is 0.575. The third kappa shape index (κ3) is 3.68.